The van der Waals surface area contributed by atoms with E-state index in [2.05, 4.69) is 0 Å². The number of ether oxygens (including phenoxy) is 4. The molecular weight excluding hydrogens is 312 g/mol. The average molecular weight is 336 g/mol. The van der Waals surface area contributed by atoms with Gasteiger partial charge in [0.05, 0.1) is 18.8 Å². The molecule has 0 spiro atoms. The summed E-state index contributed by atoms with van der Waals surface area (Å²) in [4.78, 5) is 11.3. The molecule has 0 fully saturated rings. The van der Waals surface area contributed by atoms with Gasteiger partial charge in [0.25, 0.3) is 0 Å². The predicted octanol–water partition coefficient (Wildman–Crippen LogP) is 3.55. The van der Waals surface area contributed by atoms with Gasteiger partial charge in [0, 0.05) is 0 Å². The second kappa shape index (κ2) is 11.3. The van der Waals surface area contributed by atoms with Gasteiger partial charge in [0.15, 0.2) is 25.1 Å². The Morgan fingerprint density at radius 3 is 1.96 bits per heavy atom. The van der Waals surface area contributed by atoms with Crippen LogP contribution in [-0.2, 0) is 9.47 Å². The van der Waals surface area contributed by atoms with E-state index in [1.165, 1.54) is 6.07 Å². The van der Waals surface area contributed by atoms with E-state index in [1.54, 1.807) is 13.0 Å². The van der Waals surface area contributed by atoms with Gasteiger partial charge in [0.1, 0.15) is 0 Å². The van der Waals surface area contributed by atoms with Crippen LogP contribution in [0.4, 0.5) is 0 Å². The average Bonchev–Trinajstić information content (AvgIpc) is 2.55. The van der Waals surface area contributed by atoms with Crippen LogP contribution >= 0.6 is 0 Å². The Morgan fingerprint density at radius 1 is 1.00 bits per heavy atom. The van der Waals surface area contributed by atoms with Crippen molar-refractivity contribution in [2.45, 2.75) is 20.8 Å². The van der Waals surface area contributed by atoms with Crippen molar-refractivity contribution < 1.29 is 28.8 Å². The fourth-order valence-corrected chi connectivity index (χ4v) is 1.75. The van der Waals surface area contributed by atoms with Gasteiger partial charge in [-0.15, -0.1) is 0 Å². The lowest BCUT2D eigenvalue weighted by Crippen LogP contribution is -2.09. The van der Waals surface area contributed by atoms with Crippen LogP contribution in [0.5, 0.6) is 11.5 Å². The molecule has 0 bridgehead atoms. The van der Waals surface area contributed by atoms with Crippen molar-refractivity contribution in [2.24, 2.45) is 0 Å². The number of hydrogen-bond acceptors (Lipinski definition) is 5. The Morgan fingerprint density at radius 2 is 1.50 bits per heavy atom. The standard InChI is InChI=1S/C18H24O6/c1-4-6-8-21-12-23-16-10-14(3)15(18(19)20)11-17(16)24-13-22-9-7-5-2/h4-7,10-11H,8-9,12-13H2,1-3H3,(H,19,20). The summed E-state index contributed by atoms with van der Waals surface area (Å²) in [6.45, 7) is 6.36. The smallest absolute Gasteiger partial charge is 0.336 e. The minimum atomic E-state index is -1.02. The maximum atomic E-state index is 11.3. The molecule has 0 aliphatic heterocycles. The molecule has 0 heterocycles. The van der Waals surface area contributed by atoms with E-state index in [9.17, 15) is 9.90 Å². The van der Waals surface area contributed by atoms with Crippen molar-refractivity contribution >= 4 is 5.97 Å². The number of aromatic carboxylic acids is 1. The molecule has 6 nitrogen and oxygen atoms in total. The summed E-state index contributed by atoms with van der Waals surface area (Å²) in [7, 11) is 0. The summed E-state index contributed by atoms with van der Waals surface area (Å²) in [5.41, 5.74) is 0.730. The van der Waals surface area contributed by atoms with Gasteiger partial charge in [-0.2, -0.15) is 0 Å². The molecule has 1 aromatic rings. The molecule has 1 aromatic carbocycles. The number of allylic oxidation sites excluding steroid dienone is 2. The third-order valence-corrected chi connectivity index (χ3v) is 3.02. The lowest BCUT2D eigenvalue weighted by Gasteiger charge is -2.14. The zero-order valence-corrected chi connectivity index (χ0v) is 14.3. The van der Waals surface area contributed by atoms with Crippen LogP contribution in [0.15, 0.2) is 36.4 Å². The minimum Gasteiger partial charge on any atom is -0.478 e. The number of carboxylic acid groups (broad SMARTS) is 1. The van der Waals surface area contributed by atoms with Crippen LogP contribution in [0.3, 0.4) is 0 Å². The van der Waals surface area contributed by atoms with Crippen LogP contribution in [-0.4, -0.2) is 37.9 Å². The first-order chi connectivity index (χ1) is 11.6. The quantitative estimate of drug-likeness (QED) is 0.378. The van der Waals surface area contributed by atoms with Crippen molar-refractivity contribution in [3.05, 3.63) is 47.6 Å². The van der Waals surface area contributed by atoms with Crippen molar-refractivity contribution in [1.82, 2.24) is 0 Å². The number of rotatable bonds is 11. The summed E-state index contributed by atoms with van der Waals surface area (Å²) in [6, 6.07) is 3.04. The summed E-state index contributed by atoms with van der Waals surface area (Å²) < 4.78 is 21.6. The minimum absolute atomic E-state index is 0.0117. The second-order valence-corrected chi connectivity index (χ2v) is 4.82. The van der Waals surface area contributed by atoms with Gasteiger partial charge in [-0.3, -0.25) is 0 Å². The maximum absolute atomic E-state index is 11.3. The molecule has 0 unspecified atom stereocenters. The Labute approximate surface area is 142 Å². The van der Waals surface area contributed by atoms with E-state index in [0.29, 0.717) is 30.3 Å². The summed E-state index contributed by atoms with van der Waals surface area (Å²) in [5, 5.41) is 9.23. The molecule has 0 aliphatic rings. The van der Waals surface area contributed by atoms with Crippen LogP contribution in [0.1, 0.15) is 29.8 Å². The highest BCUT2D eigenvalue weighted by atomic mass is 16.7. The van der Waals surface area contributed by atoms with E-state index in [0.717, 1.165) is 0 Å². The van der Waals surface area contributed by atoms with Crippen LogP contribution in [0.2, 0.25) is 0 Å². The topological polar surface area (TPSA) is 74.2 Å². The number of carbonyl (C=O) groups is 1. The van der Waals surface area contributed by atoms with Crippen molar-refractivity contribution in [3.63, 3.8) is 0 Å². The summed E-state index contributed by atoms with van der Waals surface area (Å²) >= 11 is 0. The molecular formula is C18H24O6. The van der Waals surface area contributed by atoms with Crippen molar-refractivity contribution in [3.8, 4) is 11.5 Å². The predicted molar refractivity (Wildman–Crippen MR) is 90.7 cm³/mol. The number of benzene rings is 1. The van der Waals surface area contributed by atoms with Gasteiger partial charge in [0.2, 0.25) is 0 Å². The fraction of sp³-hybridized carbons (Fsp3) is 0.389. The molecule has 0 aromatic heterocycles. The van der Waals surface area contributed by atoms with Gasteiger partial charge in [-0.25, -0.2) is 4.79 Å². The third kappa shape index (κ3) is 6.85. The summed E-state index contributed by atoms with van der Waals surface area (Å²) in [5.74, 6) is -0.316. The maximum Gasteiger partial charge on any atom is 0.336 e. The number of carboxylic acids is 1. The number of aryl methyl sites for hydroxylation is 1. The molecule has 1 N–H and O–H groups in total. The van der Waals surface area contributed by atoms with E-state index < -0.39 is 5.97 Å². The SMILES string of the molecule is CC=CCOCOc1cc(C)c(C(=O)O)cc1OCOCC=CC. The monoisotopic (exact) mass is 336 g/mol. The van der Waals surface area contributed by atoms with Crippen LogP contribution < -0.4 is 9.47 Å². The Hall–Kier alpha value is -2.31. The first-order valence-electron chi connectivity index (χ1n) is 7.61. The highest BCUT2D eigenvalue weighted by Crippen LogP contribution is 2.31. The van der Waals surface area contributed by atoms with Gasteiger partial charge < -0.3 is 24.1 Å². The van der Waals surface area contributed by atoms with Crippen LogP contribution in [0, 0.1) is 6.92 Å². The normalized spacial score (nSPS) is 11.3. The third-order valence-electron chi connectivity index (χ3n) is 3.02. The van der Waals surface area contributed by atoms with Gasteiger partial charge in [-0.05, 0) is 38.5 Å². The lowest BCUT2D eigenvalue weighted by molar-refractivity contribution is 0.0134. The lowest BCUT2D eigenvalue weighted by atomic mass is 10.1. The van der Waals surface area contributed by atoms with Crippen molar-refractivity contribution in [2.75, 3.05) is 26.8 Å². The molecule has 1 rings (SSSR count). The molecule has 0 aliphatic carbocycles. The molecule has 0 amide bonds. The largest absolute Gasteiger partial charge is 0.478 e. The highest BCUT2D eigenvalue weighted by molar-refractivity contribution is 5.90. The first-order valence-corrected chi connectivity index (χ1v) is 7.61. The molecule has 132 valence electrons. The fourth-order valence-electron chi connectivity index (χ4n) is 1.75. The summed E-state index contributed by atoms with van der Waals surface area (Å²) in [6.07, 6.45) is 7.44. The van der Waals surface area contributed by atoms with Gasteiger partial charge >= 0.3 is 5.97 Å². The zero-order chi connectivity index (χ0) is 17.8. The molecule has 6 heteroatoms. The molecule has 24 heavy (non-hydrogen) atoms. The molecule has 0 saturated carbocycles. The molecule has 0 saturated heterocycles. The van der Waals surface area contributed by atoms with E-state index >= 15 is 0 Å². The van der Waals surface area contributed by atoms with E-state index in [4.69, 9.17) is 18.9 Å². The van der Waals surface area contributed by atoms with E-state index in [1.807, 2.05) is 38.2 Å². The van der Waals surface area contributed by atoms with Crippen LogP contribution in [0.25, 0.3) is 0 Å². The Balaban J connectivity index is 2.77. The molecule has 0 atom stereocenters. The Bertz CT molecular complexity index is 577. The van der Waals surface area contributed by atoms with E-state index in [-0.39, 0.29) is 19.1 Å². The Kier molecular flexibility index (Phi) is 9.26. The second-order valence-electron chi connectivity index (χ2n) is 4.82. The zero-order valence-electron chi connectivity index (χ0n) is 14.3. The first kappa shape index (κ1) is 19.7. The van der Waals surface area contributed by atoms with Crippen molar-refractivity contribution in [1.29, 1.82) is 0 Å². The highest BCUT2D eigenvalue weighted by Gasteiger charge is 2.14. The number of hydrogen-bond donors (Lipinski definition) is 1. The van der Waals surface area contributed by atoms with Gasteiger partial charge in [-0.1, -0.05) is 24.3 Å². The molecule has 0 radical (unpaired) electrons.